The van der Waals surface area contributed by atoms with Crippen LogP contribution in [-0.4, -0.2) is 38.7 Å². The molecule has 1 saturated carbocycles. The molecule has 0 spiro atoms. The Labute approximate surface area is 118 Å². The number of ether oxygens (including phenoxy) is 1. The standard InChI is InChI=1S/C13H18ClNO3S/c1-3-18-8-13(15)11(12(13)19(2,16)17)9-4-6-10(14)7-5-9/h4-7,11-12H,3,8,15H2,1-2H3/t11-,12-,13-/m0/s1. The molecule has 19 heavy (non-hydrogen) atoms. The molecule has 1 aliphatic carbocycles. The molecule has 2 N–H and O–H groups in total. The molecule has 1 aromatic rings. The smallest absolute Gasteiger partial charge is 0.152 e. The minimum Gasteiger partial charge on any atom is -0.380 e. The molecule has 4 nitrogen and oxygen atoms in total. The second-order valence-corrected chi connectivity index (χ2v) is 7.63. The van der Waals surface area contributed by atoms with Gasteiger partial charge in [-0.05, 0) is 24.6 Å². The summed E-state index contributed by atoms with van der Waals surface area (Å²) < 4.78 is 29.1. The van der Waals surface area contributed by atoms with Gasteiger partial charge in [-0.1, -0.05) is 23.7 Å². The summed E-state index contributed by atoms with van der Waals surface area (Å²) in [7, 11) is -3.21. The summed E-state index contributed by atoms with van der Waals surface area (Å²) >= 11 is 5.84. The van der Waals surface area contributed by atoms with Crippen molar-refractivity contribution in [2.75, 3.05) is 19.5 Å². The van der Waals surface area contributed by atoms with E-state index in [1.54, 1.807) is 12.1 Å². The molecule has 1 fully saturated rings. The van der Waals surface area contributed by atoms with E-state index in [1.165, 1.54) is 6.26 Å². The Balaban J connectivity index is 2.30. The Morgan fingerprint density at radius 2 is 1.95 bits per heavy atom. The van der Waals surface area contributed by atoms with Crippen LogP contribution in [0.25, 0.3) is 0 Å². The Morgan fingerprint density at radius 3 is 2.42 bits per heavy atom. The van der Waals surface area contributed by atoms with Crippen molar-refractivity contribution in [1.82, 2.24) is 0 Å². The highest BCUT2D eigenvalue weighted by atomic mass is 35.5. The lowest BCUT2D eigenvalue weighted by molar-refractivity contribution is 0.125. The third kappa shape index (κ3) is 2.79. The van der Waals surface area contributed by atoms with E-state index in [0.29, 0.717) is 11.6 Å². The molecule has 0 aliphatic heterocycles. The maximum Gasteiger partial charge on any atom is 0.152 e. The zero-order chi connectivity index (χ0) is 14.3. The first kappa shape index (κ1) is 14.8. The molecule has 6 heteroatoms. The molecule has 0 aromatic heterocycles. The van der Waals surface area contributed by atoms with Crippen molar-refractivity contribution in [2.45, 2.75) is 23.6 Å². The number of benzene rings is 1. The number of hydrogen-bond donors (Lipinski definition) is 1. The molecule has 0 bridgehead atoms. The number of sulfone groups is 1. The van der Waals surface area contributed by atoms with Crippen LogP contribution in [0.1, 0.15) is 18.4 Å². The SMILES string of the molecule is CCOC[C@]1(N)[C@@H](c2ccc(Cl)cc2)[C@@H]1S(C)(=O)=O. The van der Waals surface area contributed by atoms with Gasteiger partial charge in [0.2, 0.25) is 0 Å². The van der Waals surface area contributed by atoms with Gasteiger partial charge in [-0.3, -0.25) is 0 Å². The van der Waals surface area contributed by atoms with Crippen LogP contribution < -0.4 is 5.73 Å². The van der Waals surface area contributed by atoms with Crippen molar-refractivity contribution in [3.05, 3.63) is 34.9 Å². The Hall–Kier alpha value is -0.620. The van der Waals surface area contributed by atoms with Gasteiger partial charge in [0.15, 0.2) is 9.84 Å². The average molecular weight is 304 g/mol. The molecule has 0 unspecified atom stereocenters. The molecule has 1 aliphatic rings. The lowest BCUT2D eigenvalue weighted by Gasteiger charge is -2.11. The highest BCUT2D eigenvalue weighted by Crippen LogP contribution is 2.54. The third-order valence-corrected chi connectivity index (χ3v) is 5.43. The zero-order valence-corrected chi connectivity index (χ0v) is 12.5. The van der Waals surface area contributed by atoms with Gasteiger partial charge in [-0.2, -0.15) is 0 Å². The normalized spacial score (nSPS) is 30.3. The van der Waals surface area contributed by atoms with Crippen LogP contribution in [0.3, 0.4) is 0 Å². The van der Waals surface area contributed by atoms with Crippen LogP contribution in [0, 0.1) is 0 Å². The van der Waals surface area contributed by atoms with E-state index in [4.69, 9.17) is 22.1 Å². The molecular weight excluding hydrogens is 286 g/mol. The number of rotatable bonds is 5. The van der Waals surface area contributed by atoms with Crippen LogP contribution >= 0.6 is 11.6 Å². The Kier molecular flexibility index (Phi) is 3.93. The molecule has 1 aromatic carbocycles. The van der Waals surface area contributed by atoms with E-state index >= 15 is 0 Å². The molecule has 106 valence electrons. The maximum absolute atomic E-state index is 11.9. The van der Waals surface area contributed by atoms with E-state index < -0.39 is 20.6 Å². The highest BCUT2D eigenvalue weighted by Gasteiger charge is 2.67. The fourth-order valence-electron chi connectivity index (χ4n) is 2.67. The first-order chi connectivity index (χ1) is 8.80. The predicted octanol–water partition coefficient (Wildman–Crippen LogP) is 1.58. The van der Waals surface area contributed by atoms with Gasteiger partial charge in [0.25, 0.3) is 0 Å². The summed E-state index contributed by atoms with van der Waals surface area (Å²) in [4.78, 5) is 0. The molecule has 0 radical (unpaired) electrons. The van der Waals surface area contributed by atoms with E-state index in [2.05, 4.69) is 0 Å². The molecular formula is C13H18ClNO3S. The third-order valence-electron chi connectivity index (χ3n) is 3.55. The average Bonchev–Trinajstić information content (AvgIpc) is 2.95. The molecule has 3 atom stereocenters. The molecule has 2 rings (SSSR count). The fraction of sp³-hybridized carbons (Fsp3) is 0.538. The van der Waals surface area contributed by atoms with Crippen molar-refractivity contribution in [2.24, 2.45) is 5.73 Å². The van der Waals surface area contributed by atoms with E-state index in [1.807, 2.05) is 19.1 Å². The first-order valence-corrected chi connectivity index (χ1v) is 8.45. The Morgan fingerprint density at radius 1 is 1.37 bits per heavy atom. The van der Waals surface area contributed by atoms with Crippen LogP contribution in [0.4, 0.5) is 0 Å². The largest absolute Gasteiger partial charge is 0.380 e. The van der Waals surface area contributed by atoms with Crippen molar-refractivity contribution in [3.63, 3.8) is 0 Å². The Bertz CT molecular complexity index is 558. The van der Waals surface area contributed by atoms with Crippen molar-refractivity contribution in [3.8, 4) is 0 Å². The number of nitrogens with two attached hydrogens (primary N) is 1. The topological polar surface area (TPSA) is 69.4 Å². The minimum absolute atomic E-state index is 0.230. The summed E-state index contributed by atoms with van der Waals surface area (Å²) in [5, 5.41) is 0.0282. The van der Waals surface area contributed by atoms with Crippen LogP contribution in [-0.2, 0) is 14.6 Å². The van der Waals surface area contributed by atoms with E-state index in [9.17, 15) is 8.42 Å². The lowest BCUT2D eigenvalue weighted by Crippen LogP contribution is -2.36. The number of halogens is 1. The maximum atomic E-state index is 11.9. The van der Waals surface area contributed by atoms with Gasteiger partial charge in [0.05, 0.1) is 17.4 Å². The highest BCUT2D eigenvalue weighted by molar-refractivity contribution is 7.91. The van der Waals surface area contributed by atoms with Gasteiger partial charge in [0, 0.05) is 23.8 Å². The van der Waals surface area contributed by atoms with Gasteiger partial charge < -0.3 is 10.5 Å². The van der Waals surface area contributed by atoms with E-state index in [-0.39, 0.29) is 12.5 Å². The van der Waals surface area contributed by atoms with Crippen LogP contribution in [0.5, 0.6) is 0 Å². The van der Waals surface area contributed by atoms with Gasteiger partial charge in [-0.15, -0.1) is 0 Å². The predicted molar refractivity (Wildman–Crippen MR) is 76.2 cm³/mol. The van der Waals surface area contributed by atoms with Gasteiger partial charge in [-0.25, -0.2) is 8.42 Å². The first-order valence-electron chi connectivity index (χ1n) is 6.11. The minimum atomic E-state index is -3.21. The molecule has 0 heterocycles. The van der Waals surface area contributed by atoms with Crippen LogP contribution in [0.15, 0.2) is 24.3 Å². The zero-order valence-electron chi connectivity index (χ0n) is 11.0. The van der Waals surface area contributed by atoms with Crippen molar-refractivity contribution >= 4 is 21.4 Å². The lowest BCUT2D eigenvalue weighted by atomic mass is 10.1. The fourth-order valence-corrected chi connectivity index (χ4v) is 4.64. The second kappa shape index (κ2) is 5.05. The monoisotopic (exact) mass is 303 g/mol. The summed E-state index contributed by atoms with van der Waals surface area (Å²) in [5.41, 5.74) is 6.30. The molecule has 0 amide bonds. The van der Waals surface area contributed by atoms with Gasteiger partial charge >= 0.3 is 0 Å². The summed E-state index contributed by atoms with van der Waals surface area (Å²) in [5.74, 6) is -0.230. The quantitative estimate of drug-likeness (QED) is 0.897. The van der Waals surface area contributed by atoms with Crippen molar-refractivity contribution < 1.29 is 13.2 Å². The van der Waals surface area contributed by atoms with Gasteiger partial charge in [0.1, 0.15) is 0 Å². The summed E-state index contributed by atoms with van der Waals surface area (Å²) in [6.07, 6.45) is 1.22. The second-order valence-electron chi connectivity index (χ2n) is 5.03. The molecule has 0 saturated heterocycles. The van der Waals surface area contributed by atoms with Crippen molar-refractivity contribution in [1.29, 1.82) is 0 Å². The number of hydrogen-bond acceptors (Lipinski definition) is 4. The van der Waals surface area contributed by atoms with Crippen LogP contribution in [0.2, 0.25) is 5.02 Å². The van der Waals surface area contributed by atoms with E-state index in [0.717, 1.165) is 5.56 Å². The summed E-state index contributed by atoms with van der Waals surface area (Å²) in [6, 6.07) is 7.14. The summed E-state index contributed by atoms with van der Waals surface area (Å²) in [6.45, 7) is 2.62.